The molecule has 0 saturated heterocycles. The summed E-state index contributed by atoms with van der Waals surface area (Å²) in [6, 6.07) is 6.16. The summed E-state index contributed by atoms with van der Waals surface area (Å²) in [6.45, 7) is 7.82. The quantitative estimate of drug-likeness (QED) is 0.775. The molecule has 2 rings (SSSR count). The van der Waals surface area contributed by atoms with Crippen LogP contribution in [0.3, 0.4) is 0 Å². The molecule has 0 amide bonds. The van der Waals surface area contributed by atoms with Gasteiger partial charge in [-0.25, -0.2) is 0 Å². The number of aryl methyl sites for hydroxylation is 1. The summed E-state index contributed by atoms with van der Waals surface area (Å²) in [5.41, 5.74) is 9.53. The third-order valence-corrected chi connectivity index (χ3v) is 4.15. The van der Waals surface area contributed by atoms with E-state index in [1.165, 1.54) is 24.8 Å². The van der Waals surface area contributed by atoms with Crippen LogP contribution in [0, 0.1) is 18.3 Å². The van der Waals surface area contributed by atoms with Gasteiger partial charge in [-0.05, 0) is 48.8 Å². The monoisotopic (exact) mass is 232 g/mol. The molecule has 0 spiro atoms. The van der Waals surface area contributed by atoms with Crippen LogP contribution in [-0.4, -0.2) is 6.54 Å². The summed E-state index contributed by atoms with van der Waals surface area (Å²) < 4.78 is 0. The van der Waals surface area contributed by atoms with E-state index in [-0.39, 0.29) is 0 Å². The van der Waals surface area contributed by atoms with E-state index < -0.39 is 0 Å². The van der Waals surface area contributed by atoms with Gasteiger partial charge < -0.3 is 11.1 Å². The topological polar surface area (TPSA) is 38.0 Å². The number of nitrogens with one attached hydrogen (secondary N) is 1. The molecular formula is C15H24N2. The Morgan fingerprint density at radius 2 is 2.06 bits per heavy atom. The Morgan fingerprint density at radius 3 is 2.65 bits per heavy atom. The van der Waals surface area contributed by atoms with Crippen LogP contribution in [0.2, 0.25) is 0 Å². The third-order valence-electron chi connectivity index (χ3n) is 4.15. The molecule has 0 unspecified atom stereocenters. The zero-order valence-electron chi connectivity index (χ0n) is 11.2. The van der Waals surface area contributed by atoms with Crippen LogP contribution < -0.4 is 11.1 Å². The van der Waals surface area contributed by atoms with Crippen molar-refractivity contribution in [2.45, 2.75) is 40.0 Å². The van der Waals surface area contributed by atoms with E-state index in [0.29, 0.717) is 5.41 Å². The van der Waals surface area contributed by atoms with Crippen molar-refractivity contribution in [3.63, 3.8) is 0 Å². The Morgan fingerprint density at radius 1 is 1.35 bits per heavy atom. The molecule has 0 atom stereocenters. The second kappa shape index (κ2) is 4.59. The highest BCUT2D eigenvalue weighted by molar-refractivity contribution is 5.66. The first-order valence-corrected chi connectivity index (χ1v) is 6.59. The Kier molecular flexibility index (Phi) is 3.32. The molecule has 0 heterocycles. The molecule has 1 aliphatic rings. The van der Waals surface area contributed by atoms with E-state index in [9.17, 15) is 0 Å². The SMILES string of the molecule is Cc1ccc(N)c(NCC(C)(C)C2CCC2)c1. The van der Waals surface area contributed by atoms with Crippen molar-refractivity contribution in [2.24, 2.45) is 11.3 Å². The maximum atomic E-state index is 5.98. The highest BCUT2D eigenvalue weighted by atomic mass is 14.9. The van der Waals surface area contributed by atoms with Gasteiger partial charge in [0, 0.05) is 6.54 Å². The van der Waals surface area contributed by atoms with Gasteiger partial charge in [0.2, 0.25) is 0 Å². The minimum atomic E-state index is 0.369. The van der Waals surface area contributed by atoms with Crippen LogP contribution in [0.1, 0.15) is 38.7 Å². The first-order valence-electron chi connectivity index (χ1n) is 6.59. The van der Waals surface area contributed by atoms with E-state index in [1.54, 1.807) is 0 Å². The Labute approximate surface area is 105 Å². The predicted octanol–water partition coefficient (Wildman–Crippen LogP) is 3.82. The molecule has 0 bridgehead atoms. The van der Waals surface area contributed by atoms with Gasteiger partial charge in [0.05, 0.1) is 11.4 Å². The second-order valence-electron chi connectivity index (χ2n) is 6.06. The molecule has 2 heteroatoms. The molecular weight excluding hydrogens is 208 g/mol. The molecule has 1 fully saturated rings. The van der Waals surface area contributed by atoms with Gasteiger partial charge in [-0.3, -0.25) is 0 Å². The van der Waals surface area contributed by atoms with Crippen LogP contribution in [0.15, 0.2) is 18.2 Å². The lowest BCUT2D eigenvalue weighted by molar-refractivity contribution is 0.134. The lowest BCUT2D eigenvalue weighted by Crippen LogP contribution is -2.35. The van der Waals surface area contributed by atoms with Gasteiger partial charge in [0.25, 0.3) is 0 Å². The van der Waals surface area contributed by atoms with E-state index in [2.05, 4.69) is 38.2 Å². The van der Waals surface area contributed by atoms with Gasteiger partial charge in [0.1, 0.15) is 0 Å². The van der Waals surface area contributed by atoms with Crippen LogP contribution in [-0.2, 0) is 0 Å². The van der Waals surface area contributed by atoms with E-state index in [4.69, 9.17) is 5.73 Å². The zero-order chi connectivity index (χ0) is 12.5. The molecule has 1 aromatic carbocycles. The van der Waals surface area contributed by atoms with Crippen molar-refractivity contribution in [1.82, 2.24) is 0 Å². The zero-order valence-corrected chi connectivity index (χ0v) is 11.2. The summed E-state index contributed by atoms with van der Waals surface area (Å²) in [7, 11) is 0. The Bertz CT molecular complexity index is 392. The van der Waals surface area contributed by atoms with Crippen molar-refractivity contribution >= 4 is 11.4 Å². The molecule has 0 radical (unpaired) electrons. The fraction of sp³-hybridized carbons (Fsp3) is 0.600. The summed E-state index contributed by atoms with van der Waals surface area (Å²) in [5, 5.41) is 3.52. The predicted molar refractivity (Wildman–Crippen MR) is 75.2 cm³/mol. The van der Waals surface area contributed by atoms with Crippen LogP contribution >= 0.6 is 0 Å². The van der Waals surface area contributed by atoms with Crippen molar-refractivity contribution in [3.8, 4) is 0 Å². The minimum Gasteiger partial charge on any atom is -0.397 e. The summed E-state index contributed by atoms with van der Waals surface area (Å²) in [4.78, 5) is 0. The molecule has 3 N–H and O–H groups in total. The van der Waals surface area contributed by atoms with Crippen molar-refractivity contribution in [3.05, 3.63) is 23.8 Å². The van der Waals surface area contributed by atoms with Crippen molar-refractivity contribution in [2.75, 3.05) is 17.6 Å². The number of nitrogens with two attached hydrogens (primary N) is 1. The normalized spacial score (nSPS) is 16.6. The largest absolute Gasteiger partial charge is 0.397 e. The molecule has 1 aliphatic carbocycles. The van der Waals surface area contributed by atoms with E-state index in [0.717, 1.165) is 23.8 Å². The average Bonchev–Trinajstić information content (AvgIpc) is 2.16. The fourth-order valence-electron chi connectivity index (χ4n) is 2.48. The average molecular weight is 232 g/mol. The van der Waals surface area contributed by atoms with Gasteiger partial charge in [0.15, 0.2) is 0 Å². The number of nitrogen functional groups attached to an aromatic ring is 1. The Balaban J connectivity index is 1.99. The molecule has 17 heavy (non-hydrogen) atoms. The van der Waals surface area contributed by atoms with E-state index >= 15 is 0 Å². The molecule has 1 saturated carbocycles. The van der Waals surface area contributed by atoms with Crippen molar-refractivity contribution in [1.29, 1.82) is 0 Å². The third kappa shape index (κ3) is 2.74. The van der Waals surface area contributed by atoms with Gasteiger partial charge in [-0.15, -0.1) is 0 Å². The second-order valence-corrected chi connectivity index (χ2v) is 6.06. The highest BCUT2D eigenvalue weighted by Crippen LogP contribution is 2.41. The minimum absolute atomic E-state index is 0.369. The molecule has 94 valence electrons. The summed E-state index contributed by atoms with van der Waals surface area (Å²) >= 11 is 0. The van der Waals surface area contributed by atoms with Crippen LogP contribution in [0.5, 0.6) is 0 Å². The number of rotatable bonds is 4. The number of hydrogen-bond donors (Lipinski definition) is 2. The number of benzene rings is 1. The lowest BCUT2D eigenvalue weighted by Gasteiger charge is -2.40. The van der Waals surface area contributed by atoms with Gasteiger partial charge in [-0.1, -0.05) is 26.3 Å². The summed E-state index contributed by atoms with van der Waals surface area (Å²) in [6.07, 6.45) is 4.18. The highest BCUT2D eigenvalue weighted by Gasteiger charge is 2.33. The maximum Gasteiger partial charge on any atom is 0.0576 e. The van der Waals surface area contributed by atoms with Gasteiger partial charge in [-0.2, -0.15) is 0 Å². The fourth-order valence-corrected chi connectivity index (χ4v) is 2.48. The molecule has 1 aromatic rings. The van der Waals surface area contributed by atoms with E-state index in [1.807, 2.05) is 6.07 Å². The Hall–Kier alpha value is -1.18. The molecule has 0 aliphatic heterocycles. The van der Waals surface area contributed by atoms with Crippen LogP contribution in [0.25, 0.3) is 0 Å². The maximum absolute atomic E-state index is 5.98. The first-order chi connectivity index (χ1) is 7.99. The molecule has 2 nitrogen and oxygen atoms in total. The molecule has 0 aromatic heterocycles. The van der Waals surface area contributed by atoms with Crippen molar-refractivity contribution < 1.29 is 0 Å². The number of hydrogen-bond acceptors (Lipinski definition) is 2. The lowest BCUT2D eigenvalue weighted by atomic mass is 9.67. The number of anilines is 2. The van der Waals surface area contributed by atoms with Crippen LogP contribution in [0.4, 0.5) is 11.4 Å². The standard InChI is InChI=1S/C15H24N2/c1-11-7-8-13(16)14(9-11)17-10-15(2,3)12-5-4-6-12/h7-9,12,17H,4-6,10,16H2,1-3H3. The smallest absolute Gasteiger partial charge is 0.0576 e. The van der Waals surface area contributed by atoms with Gasteiger partial charge >= 0.3 is 0 Å². The first kappa shape index (κ1) is 12.3. The summed E-state index contributed by atoms with van der Waals surface area (Å²) in [5.74, 6) is 0.876.